The number of ether oxygens (including phenoxy) is 1. The third kappa shape index (κ3) is 4.46. The van der Waals surface area contributed by atoms with Gasteiger partial charge in [-0.2, -0.15) is 0 Å². The van der Waals surface area contributed by atoms with Crippen molar-refractivity contribution in [3.8, 4) is 0 Å². The van der Waals surface area contributed by atoms with Crippen molar-refractivity contribution in [2.24, 2.45) is 0 Å². The highest BCUT2D eigenvalue weighted by Gasteiger charge is 2.21. The molecule has 0 bridgehead atoms. The summed E-state index contributed by atoms with van der Waals surface area (Å²) in [5.74, 6) is -1.02. The van der Waals surface area contributed by atoms with Crippen LogP contribution in [0.1, 0.15) is 17.3 Å². The fraction of sp³-hybridized carbons (Fsp3) is 0.188. The molecule has 2 aromatic rings. The van der Waals surface area contributed by atoms with Gasteiger partial charge in [-0.3, -0.25) is 4.79 Å². The molecule has 0 saturated heterocycles. The molecule has 1 aromatic carbocycles. The van der Waals surface area contributed by atoms with E-state index in [4.69, 9.17) is 16.3 Å². The Bertz CT molecular complexity index is 724. The second-order valence-corrected chi connectivity index (χ2v) is 5.78. The number of carbonyl (C=O) groups is 2. The van der Waals surface area contributed by atoms with Gasteiger partial charge in [-0.05, 0) is 37.4 Å². The van der Waals surface area contributed by atoms with Crippen molar-refractivity contribution in [2.45, 2.75) is 17.9 Å². The number of nitrogens with one attached hydrogen (secondary N) is 1. The fourth-order valence-electron chi connectivity index (χ4n) is 1.80. The van der Waals surface area contributed by atoms with Gasteiger partial charge in [0.05, 0.1) is 11.3 Å². The minimum Gasteiger partial charge on any atom is -0.449 e. The highest BCUT2D eigenvalue weighted by Crippen LogP contribution is 2.21. The fourth-order valence-corrected chi connectivity index (χ4v) is 2.56. The number of esters is 1. The van der Waals surface area contributed by atoms with Crippen LogP contribution < -0.4 is 5.32 Å². The Labute approximate surface area is 143 Å². The predicted molar refractivity (Wildman–Crippen MR) is 91.0 cm³/mol. The van der Waals surface area contributed by atoms with Gasteiger partial charge in [0.15, 0.2) is 11.3 Å². The Morgan fingerprint density at radius 3 is 2.70 bits per heavy atom. The molecule has 0 aliphatic rings. The van der Waals surface area contributed by atoms with Crippen LogP contribution in [0, 0.1) is 0 Å². The molecule has 5 nitrogen and oxygen atoms in total. The average Bonchev–Trinajstić information content (AvgIpc) is 2.56. The smallest absolute Gasteiger partial charge is 0.340 e. The van der Waals surface area contributed by atoms with Gasteiger partial charge in [-0.25, -0.2) is 9.78 Å². The SMILES string of the molecule is CSc1ccccc1C(=O)O[C@H](C)C(=O)Nc1cccnc1Cl. The lowest BCUT2D eigenvalue weighted by atomic mass is 10.2. The quantitative estimate of drug-likeness (QED) is 0.506. The minimum atomic E-state index is -0.964. The van der Waals surface area contributed by atoms with E-state index in [9.17, 15) is 9.59 Å². The van der Waals surface area contributed by atoms with Crippen molar-refractivity contribution in [1.82, 2.24) is 4.98 Å². The molecule has 1 N–H and O–H groups in total. The molecule has 0 aliphatic heterocycles. The van der Waals surface area contributed by atoms with Crippen molar-refractivity contribution < 1.29 is 14.3 Å². The van der Waals surface area contributed by atoms with Crippen LogP contribution in [0.4, 0.5) is 5.69 Å². The normalized spacial score (nSPS) is 11.6. The molecule has 0 saturated carbocycles. The largest absolute Gasteiger partial charge is 0.449 e. The molecule has 1 heterocycles. The molecule has 0 spiro atoms. The third-order valence-electron chi connectivity index (χ3n) is 3.00. The molecule has 1 aromatic heterocycles. The standard InChI is InChI=1S/C16H15ClN2O3S/c1-10(15(20)19-12-7-5-9-18-14(12)17)22-16(21)11-6-3-4-8-13(11)23-2/h3-10H,1-2H3,(H,19,20)/t10-/m1/s1. The van der Waals surface area contributed by atoms with Gasteiger partial charge in [0, 0.05) is 11.1 Å². The lowest BCUT2D eigenvalue weighted by Gasteiger charge is -2.15. The van der Waals surface area contributed by atoms with Crippen LogP contribution in [0.2, 0.25) is 5.15 Å². The number of anilines is 1. The Balaban J connectivity index is 2.03. The molecule has 120 valence electrons. The Kier molecular flexibility index (Phi) is 6.01. The van der Waals surface area contributed by atoms with Crippen LogP contribution in [0.3, 0.4) is 0 Å². The molecule has 1 amide bonds. The summed E-state index contributed by atoms with van der Waals surface area (Å²) in [6, 6.07) is 10.3. The lowest BCUT2D eigenvalue weighted by molar-refractivity contribution is -0.123. The first kappa shape index (κ1) is 17.3. The summed E-state index contributed by atoms with van der Waals surface area (Å²) in [5, 5.41) is 2.75. The van der Waals surface area contributed by atoms with E-state index in [2.05, 4.69) is 10.3 Å². The number of aromatic nitrogens is 1. The Morgan fingerprint density at radius 2 is 2.00 bits per heavy atom. The maximum atomic E-state index is 12.2. The van der Waals surface area contributed by atoms with Gasteiger partial charge < -0.3 is 10.1 Å². The number of halogens is 1. The zero-order valence-corrected chi connectivity index (χ0v) is 14.1. The van der Waals surface area contributed by atoms with Gasteiger partial charge >= 0.3 is 5.97 Å². The van der Waals surface area contributed by atoms with Crippen LogP contribution in [0.25, 0.3) is 0 Å². The molecular weight excluding hydrogens is 336 g/mol. The number of pyridine rings is 1. The predicted octanol–water partition coefficient (Wildman–Crippen LogP) is 3.64. The average molecular weight is 351 g/mol. The number of rotatable bonds is 5. The molecular formula is C16H15ClN2O3S. The summed E-state index contributed by atoms with van der Waals surface area (Å²) in [6.45, 7) is 1.50. The maximum absolute atomic E-state index is 12.2. The number of benzene rings is 1. The number of hydrogen-bond donors (Lipinski definition) is 1. The van der Waals surface area contributed by atoms with E-state index >= 15 is 0 Å². The molecule has 0 radical (unpaired) electrons. The first-order chi connectivity index (χ1) is 11.0. The molecule has 1 atom stereocenters. The van der Waals surface area contributed by atoms with Gasteiger partial charge in [0.1, 0.15) is 0 Å². The minimum absolute atomic E-state index is 0.173. The summed E-state index contributed by atoms with van der Waals surface area (Å²) in [6.07, 6.45) is 2.42. The van der Waals surface area contributed by atoms with Crippen LogP contribution in [-0.2, 0) is 9.53 Å². The van der Waals surface area contributed by atoms with Crippen LogP contribution in [-0.4, -0.2) is 29.2 Å². The number of nitrogens with zero attached hydrogens (tertiary/aromatic N) is 1. The highest BCUT2D eigenvalue weighted by molar-refractivity contribution is 7.98. The van der Waals surface area contributed by atoms with Crippen molar-refractivity contribution in [3.05, 3.63) is 53.3 Å². The van der Waals surface area contributed by atoms with E-state index in [1.807, 2.05) is 18.4 Å². The number of thioether (sulfide) groups is 1. The van der Waals surface area contributed by atoms with E-state index < -0.39 is 18.0 Å². The summed E-state index contributed by atoms with van der Waals surface area (Å²) in [5.41, 5.74) is 0.797. The second-order valence-electron chi connectivity index (χ2n) is 4.58. The second kappa shape index (κ2) is 7.99. The van der Waals surface area contributed by atoms with Crippen molar-refractivity contribution in [3.63, 3.8) is 0 Å². The molecule has 0 aliphatic carbocycles. The number of carbonyl (C=O) groups excluding carboxylic acids is 2. The Morgan fingerprint density at radius 1 is 1.26 bits per heavy atom. The van der Waals surface area contributed by atoms with Crippen LogP contribution >= 0.6 is 23.4 Å². The van der Waals surface area contributed by atoms with Gasteiger partial charge in [0.2, 0.25) is 0 Å². The monoisotopic (exact) mass is 350 g/mol. The number of hydrogen-bond acceptors (Lipinski definition) is 5. The first-order valence-electron chi connectivity index (χ1n) is 6.78. The zero-order chi connectivity index (χ0) is 16.8. The summed E-state index contributed by atoms with van der Waals surface area (Å²) >= 11 is 7.31. The molecule has 7 heteroatoms. The maximum Gasteiger partial charge on any atom is 0.340 e. The van der Waals surface area contributed by atoms with E-state index in [1.165, 1.54) is 24.9 Å². The molecule has 0 fully saturated rings. The van der Waals surface area contributed by atoms with E-state index in [0.29, 0.717) is 11.3 Å². The summed E-state index contributed by atoms with van der Waals surface area (Å²) < 4.78 is 5.22. The topological polar surface area (TPSA) is 68.3 Å². The van der Waals surface area contributed by atoms with Crippen molar-refractivity contribution in [1.29, 1.82) is 0 Å². The van der Waals surface area contributed by atoms with E-state index in [-0.39, 0.29) is 5.15 Å². The van der Waals surface area contributed by atoms with Gasteiger partial charge in [-0.1, -0.05) is 23.7 Å². The van der Waals surface area contributed by atoms with Gasteiger partial charge in [-0.15, -0.1) is 11.8 Å². The highest BCUT2D eigenvalue weighted by atomic mass is 35.5. The van der Waals surface area contributed by atoms with Crippen LogP contribution in [0.5, 0.6) is 0 Å². The van der Waals surface area contributed by atoms with E-state index in [1.54, 1.807) is 24.3 Å². The summed E-state index contributed by atoms with van der Waals surface area (Å²) in [7, 11) is 0. The zero-order valence-electron chi connectivity index (χ0n) is 12.6. The van der Waals surface area contributed by atoms with Crippen molar-refractivity contribution in [2.75, 3.05) is 11.6 Å². The van der Waals surface area contributed by atoms with Gasteiger partial charge in [0.25, 0.3) is 5.91 Å². The third-order valence-corrected chi connectivity index (χ3v) is 4.09. The molecule has 23 heavy (non-hydrogen) atoms. The lowest BCUT2D eigenvalue weighted by Crippen LogP contribution is -2.30. The molecule has 0 unspecified atom stereocenters. The summed E-state index contributed by atoms with van der Waals surface area (Å²) in [4.78, 5) is 29.0. The number of amides is 1. The van der Waals surface area contributed by atoms with Crippen LogP contribution in [0.15, 0.2) is 47.5 Å². The molecule has 2 rings (SSSR count). The first-order valence-corrected chi connectivity index (χ1v) is 8.38. The van der Waals surface area contributed by atoms with Crippen molar-refractivity contribution >= 4 is 40.9 Å². The van der Waals surface area contributed by atoms with E-state index in [0.717, 1.165) is 4.90 Å². The Hall–Kier alpha value is -2.05.